The third-order valence-corrected chi connectivity index (χ3v) is 8.55. The number of carbonyl (C=O) groups is 1. The summed E-state index contributed by atoms with van der Waals surface area (Å²) in [7, 11) is -3.21. The normalized spacial score (nSPS) is 20.0. The van der Waals surface area contributed by atoms with Gasteiger partial charge < -0.3 is 0 Å². The van der Waals surface area contributed by atoms with Crippen molar-refractivity contribution in [2.45, 2.75) is 95.6 Å². The summed E-state index contributed by atoms with van der Waals surface area (Å²) in [6.45, 7) is 0. The molecule has 0 saturated heterocycles. The lowest BCUT2D eigenvalue weighted by atomic mass is 10.1. The van der Waals surface area contributed by atoms with Crippen LogP contribution in [0.1, 0.15) is 82.6 Å². The van der Waals surface area contributed by atoms with Crippen LogP contribution in [0.15, 0.2) is 28.7 Å². The van der Waals surface area contributed by atoms with Crippen molar-refractivity contribution in [2.24, 2.45) is 0 Å². The zero-order valence-corrected chi connectivity index (χ0v) is 19.8. The van der Waals surface area contributed by atoms with Crippen LogP contribution in [-0.4, -0.2) is 18.0 Å². The number of rotatable bonds is 7. The van der Waals surface area contributed by atoms with E-state index in [4.69, 9.17) is 0 Å². The maximum absolute atomic E-state index is 13.9. The van der Waals surface area contributed by atoms with Gasteiger partial charge in [-0.1, -0.05) is 79.4 Å². The van der Waals surface area contributed by atoms with E-state index in [-0.39, 0.29) is 24.4 Å². The predicted octanol–water partition coefficient (Wildman–Crippen LogP) is 5.84. The molecule has 1 amide bonds. The van der Waals surface area contributed by atoms with Crippen LogP contribution in [0.25, 0.3) is 0 Å². The molecule has 0 heterocycles. The SMILES string of the molecule is O=C(Cc1ccc(Br)cc1)NP(=O)(NC1CCCCCC1)NC1CCCCCC1. The lowest BCUT2D eigenvalue weighted by Gasteiger charge is -2.30. The van der Waals surface area contributed by atoms with Gasteiger partial charge in [0.15, 0.2) is 0 Å². The number of nitrogens with one attached hydrogen (secondary N) is 3. The van der Waals surface area contributed by atoms with Crippen LogP contribution in [0.5, 0.6) is 0 Å². The molecule has 1 aromatic rings. The van der Waals surface area contributed by atoms with Crippen molar-refractivity contribution < 1.29 is 9.36 Å². The number of hydrogen-bond acceptors (Lipinski definition) is 2. The highest BCUT2D eigenvalue weighted by Crippen LogP contribution is 2.37. The summed E-state index contributed by atoms with van der Waals surface area (Å²) in [4.78, 5) is 12.8. The fourth-order valence-corrected chi connectivity index (χ4v) is 6.88. The van der Waals surface area contributed by atoms with E-state index < -0.39 is 7.59 Å². The fourth-order valence-electron chi connectivity index (χ4n) is 4.44. The van der Waals surface area contributed by atoms with Crippen molar-refractivity contribution in [1.29, 1.82) is 0 Å². The Bertz CT molecular complexity index is 656. The van der Waals surface area contributed by atoms with E-state index in [1.165, 1.54) is 25.7 Å². The van der Waals surface area contributed by atoms with E-state index in [9.17, 15) is 9.36 Å². The molecule has 0 aliphatic heterocycles. The zero-order chi connectivity index (χ0) is 20.5. The van der Waals surface area contributed by atoms with Crippen LogP contribution in [0, 0.1) is 0 Å². The largest absolute Gasteiger partial charge is 0.306 e. The number of benzene rings is 1. The van der Waals surface area contributed by atoms with E-state index in [1.807, 2.05) is 24.3 Å². The zero-order valence-electron chi connectivity index (χ0n) is 17.3. The summed E-state index contributed by atoms with van der Waals surface area (Å²) in [5, 5.41) is 9.62. The van der Waals surface area contributed by atoms with Gasteiger partial charge in [0.1, 0.15) is 0 Å². The summed E-state index contributed by atoms with van der Waals surface area (Å²) < 4.78 is 14.9. The van der Waals surface area contributed by atoms with E-state index in [1.54, 1.807) is 0 Å². The van der Waals surface area contributed by atoms with Crippen molar-refractivity contribution in [3.63, 3.8) is 0 Å². The summed E-state index contributed by atoms with van der Waals surface area (Å²) >= 11 is 3.42. The van der Waals surface area contributed by atoms with Gasteiger partial charge in [-0.25, -0.2) is 10.2 Å². The van der Waals surface area contributed by atoms with Gasteiger partial charge in [-0.2, -0.15) is 0 Å². The Labute approximate surface area is 183 Å². The number of carbonyl (C=O) groups excluding carboxylic acids is 1. The topological polar surface area (TPSA) is 70.2 Å². The van der Waals surface area contributed by atoms with E-state index in [0.717, 1.165) is 61.4 Å². The number of amides is 1. The van der Waals surface area contributed by atoms with Gasteiger partial charge in [-0.15, -0.1) is 0 Å². The third-order valence-electron chi connectivity index (χ3n) is 6.00. The lowest BCUT2D eigenvalue weighted by Crippen LogP contribution is -2.43. The maximum atomic E-state index is 13.9. The Morgan fingerprint density at radius 2 is 1.28 bits per heavy atom. The van der Waals surface area contributed by atoms with Crippen LogP contribution in [0.2, 0.25) is 0 Å². The van der Waals surface area contributed by atoms with Crippen molar-refractivity contribution in [1.82, 2.24) is 15.3 Å². The first-order chi connectivity index (χ1) is 14.0. The smallest absolute Gasteiger partial charge is 0.283 e. The lowest BCUT2D eigenvalue weighted by molar-refractivity contribution is -0.118. The minimum absolute atomic E-state index is 0.196. The Morgan fingerprint density at radius 3 is 1.72 bits per heavy atom. The molecule has 0 unspecified atom stereocenters. The molecular weight excluding hydrogens is 449 g/mol. The Morgan fingerprint density at radius 1 is 0.828 bits per heavy atom. The van der Waals surface area contributed by atoms with Crippen LogP contribution in [-0.2, 0) is 15.8 Å². The molecule has 162 valence electrons. The van der Waals surface area contributed by atoms with Crippen LogP contribution in [0.4, 0.5) is 0 Å². The molecule has 3 N–H and O–H groups in total. The molecule has 0 bridgehead atoms. The average molecular weight is 484 g/mol. The molecule has 2 fully saturated rings. The summed E-state index contributed by atoms with van der Waals surface area (Å²) in [6, 6.07) is 8.10. The molecule has 29 heavy (non-hydrogen) atoms. The first-order valence-electron chi connectivity index (χ1n) is 11.2. The third kappa shape index (κ3) is 8.16. The van der Waals surface area contributed by atoms with Gasteiger partial charge in [0.05, 0.1) is 6.42 Å². The van der Waals surface area contributed by atoms with Gasteiger partial charge in [0.25, 0.3) is 0 Å². The molecule has 5 nitrogen and oxygen atoms in total. The quantitative estimate of drug-likeness (QED) is 0.336. The minimum Gasteiger partial charge on any atom is -0.283 e. The molecule has 2 saturated carbocycles. The molecule has 3 rings (SSSR count). The van der Waals surface area contributed by atoms with Crippen LogP contribution >= 0.6 is 23.5 Å². The number of hydrogen-bond donors (Lipinski definition) is 3. The highest BCUT2D eigenvalue weighted by atomic mass is 79.9. The highest BCUT2D eigenvalue weighted by Gasteiger charge is 2.31. The average Bonchev–Trinajstić information content (AvgIpc) is 3.08. The van der Waals surface area contributed by atoms with Gasteiger partial charge in [0, 0.05) is 16.6 Å². The second kappa shape index (κ2) is 11.6. The highest BCUT2D eigenvalue weighted by molar-refractivity contribution is 9.10. The Kier molecular flexibility index (Phi) is 9.23. The fraction of sp³-hybridized carbons (Fsp3) is 0.682. The van der Waals surface area contributed by atoms with Crippen LogP contribution in [0.3, 0.4) is 0 Å². The summed E-state index contributed by atoms with van der Waals surface area (Å²) in [5.41, 5.74) is 0.918. The van der Waals surface area contributed by atoms with E-state index in [2.05, 4.69) is 31.2 Å². The molecule has 1 aromatic carbocycles. The minimum atomic E-state index is -3.21. The van der Waals surface area contributed by atoms with Gasteiger partial charge in [-0.05, 0) is 43.4 Å². The molecular formula is C22H35BrN3O2P. The molecule has 2 aliphatic rings. The first-order valence-corrected chi connectivity index (χ1v) is 13.7. The van der Waals surface area contributed by atoms with Crippen molar-refractivity contribution in [2.75, 3.05) is 0 Å². The molecule has 0 radical (unpaired) electrons. The van der Waals surface area contributed by atoms with Crippen molar-refractivity contribution in [3.05, 3.63) is 34.3 Å². The maximum Gasteiger partial charge on any atom is 0.306 e. The van der Waals surface area contributed by atoms with Gasteiger partial charge in [-0.3, -0.25) is 14.4 Å². The van der Waals surface area contributed by atoms with Crippen molar-refractivity contribution >= 4 is 29.4 Å². The molecule has 7 heteroatoms. The Balaban J connectivity index is 1.66. The molecule has 0 aromatic heterocycles. The molecule has 0 spiro atoms. The summed E-state index contributed by atoms with van der Waals surface area (Å²) in [5.74, 6) is -0.196. The molecule has 0 atom stereocenters. The van der Waals surface area contributed by atoms with E-state index in [0.29, 0.717) is 0 Å². The number of halogens is 1. The van der Waals surface area contributed by atoms with E-state index >= 15 is 0 Å². The standard InChI is InChI=1S/C22H35BrN3O2P/c23-19-15-13-18(14-16-19)17-22(27)26-29(28,24-20-9-5-1-2-6-10-20)25-21-11-7-3-4-8-12-21/h13-16,20-21H,1-12,17H2,(H3,24,25,26,27,28). The monoisotopic (exact) mass is 483 g/mol. The van der Waals surface area contributed by atoms with Gasteiger partial charge in [0.2, 0.25) is 5.91 Å². The molecule has 2 aliphatic carbocycles. The summed E-state index contributed by atoms with van der Waals surface area (Å²) in [6.07, 6.45) is 14.0. The van der Waals surface area contributed by atoms with Crippen molar-refractivity contribution in [3.8, 4) is 0 Å². The second-order valence-corrected chi connectivity index (χ2v) is 11.5. The Hall–Kier alpha value is -0.680. The first kappa shape index (κ1) is 23.0. The van der Waals surface area contributed by atoms with Crippen LogP contribution < -0.4 is 15.3 Å². The predicted molar refractivity (Wildman–Crippen MR) is 123 cm³/mol. The van der Waals surface area contributed by atoms with Gasteiger partial charge >= 0.3 is 7.59 Å². The second-order valence-electron chi connectivity index (χ2n) is 8.58.